The normalized spacial score (nSPS) is 16.3. The molecular formula is C18H26N4O. The van der Waals surface area contributed by atoms with Crippen LogP contribution in [0.2, 0.25) is 0 Å². The third-order valence-corrected chi connectivity index (χ3v) is 4.47. The fraction of sp³-hybridized carbons (Fsp3) is 0.500. The molecule has 1 aliphatic heterocycles. The molecule has 1 aromatic heterocycles. The molecule has 0 spiro atoms. The molecule has 5 heteroatoms. The first-order valence-corrected chi connectivity index (χ1v) is 8.45. The second-order valence-corrected chi connectivity index (χ2v) is 6.18. The lowest BCUT2D eigenvalue weighted by Crippen LogP contribution is -2.40. The zero-order chi connectivity index (χ0) is 16.1. The number of fused-ring (bicyclic) bond motifs is 1. The van der Waals surface area contributed by atoms with E-state index < -0.39 is 0 Å². The molecule has 0 amide bonds. The number of hydrogen-bond donors (Lipinski definition) is 2. The summed E-state index contributed by atoms with van der Waals surface area (Å²) >= 11 is 0. The minimum atomic E-state index is -0.349. The van der Waals surface area contributed by atoms with Crippen molar-refractivity contribution in [3.8, 4) is 0 Å². The van der Waals surface area contributed by atoms with Gasteiger partial charge >= 0.3 is 0 Å². The number of aliphatic hydroxyl groups excluding tert-OH is 1. The summed E-state index contributed by atoms with van der Waals surface area (Å²) in [7, 11) is 0. The molecule has 0 saturated heterocycles. The fourth-order valence-corrected chi connectivity index (χ4v) is 3.23. The minimum absolute atomic E-state index is 0.349. The number of nitrogens with zero attached hydrogens (tertiary/aromatic N) is 3. The summed E-state index contributed by atoms with van der Waals surface area (Å²) < 4.78 is 1.97. The Bertz CT molecular complexity index is 625. The van der Waals surface area contributed by atoms with E-state index in [1.54, 1.807) is 0 Å². The van der Waals surface area contributed by atoms with Gasteiger partial charge in [-0.3, -0.25) is 9.58 Å². The highest BCUT2D eigenvalue weighted by Gasteiger charge is 2.18. The summed E-state index contributed by atoms with van der Waals surface area (Å²) in [5.74, 6) is 0. The quantitative estimate of drug-likeness (QED) is 0.811. The van der Waals surface area contributed by atoms with Crippen LogP contribution in [0.25, 0.3) is 0 Å². The number of hydrogen-bond acceptors (Lipinski definition) is 4. The first kappa shape index (κ1) is 16.2. The van der Waals surface area contributed by atoms with Crippen LogP contribution in [0, 0.1) is 0 Å². The summed E-state index contributed by atoms with van der Waals surface area (Å²) in [5, 5.41) is 17.9. The van der Waals surface area contributed by atoms with Crippen LogP contribution < -0.4 is 5.32 Å². The van der Waals surface area contributed by atoms with Crippen molar-refractivity contribution >= 4 is 0 Å². The van der Waals surface area contributed by atoms with Crippen molar-refractivity contribution in [3.63, 3.8) is 0 Å². The lowest BCUT2D eigenvalue weighted by atomic mass is 10.00. The van der Waals surface area contributed by atoms with E-state index in [0.717, 1.165) is 38.3 Å². The van der Waals surface area contributed by atoms with Gasteiger partial charge in [0.05, 0.1) is 11.8 Å². The van der Waals surface area contributed by atoms with Gasteiger partial charge in [0.15, 0.2) is 0 Å². The Balaban J connectivity index is 1.42. The Morgan fingerprint density at radius 3 is 2.91 bits per heavy atom. The molecule has 3 rings (SSSR count). The molecule has 1 atom stereocenters. The van der Waals surface area contributed by atoms with Crippen molar-refractivity contribution in [3.05, 3.63) is 53.3 Å². The first-order valence-electron chi connectivity index (χ1n) is 8.45. The highest BCUT2D eigenvalue weighted by molar-refractivity contribution is 5.29. The van der Waals surface area contributed by atoms with Gasteiger partial charge in [0, 0.05) is 45.5 Å². The molecule has 0 saturated carbocycles. The van der Waals surface area contributed by atoms with Crippen molar-refractivity contribution in [1.82, 2.24) is 20.0 Å². The number of benzene rings is 1. The van der Waals surface area contributed by atoms with Crippen LogP contribution in [0.4, 0.5) is 0 Å². The van der Waals surface area contributed by atoms with Crippen molar-refractivity contribution in [2.75, 3.05) is 19.6 Å². The molecular weight excluding hydrogens is 288 g/mol. The molecule has 2 aromatic rings. The molecule has 0 radical (unpaired) electrons. The zero-order valence-corrected chi connectivity index (χ0v) is 13.8. The molecule has 23 heavy (non-hydrogen) atoms. The maximum atomic E-state index is 10.3. The number of rotatable bonds is 7. The van der Waals surface area contributed by atoms with Crippen molar-refractivity contribution in [1.29, 1.82) is 0 Å². The van der Waals surface area contributed by atoms with E-state index in [1.165, 1.54) is 11.1 Å². The minimum Gasteiger partial charge on any atom is -0.390 e. The Kier molecular flexibility index (Phi) is 5.43. The van der Waals surface area contributed by atoms with E-state index in [9.17, 15) is 5.11 Å². The monoisotopic (exact) mass is 314 g/mol. The molecule has 0 fully saturated rings. The van der Waals surface area contributed by atoms with E-state index in [-0.39, 0.29) is 6.10 Å². The molecule has 1 aliphatic rings. The third kappa shape index (κ3) is 4.19. The molecule has 1 aromatic carbocycles. The Labute approximate surface area is 137 Å². The summed E-state index contributed by atoms with van der Waals surface area (Å²) in [6, 6.07) is 10.6. The first-order chi connectivity index (χ1) is 11.3. The topological polar surface area (TPSA) is 53.3 Å². The van der Waals surface area contributed by atoms with Crippen molar-refractivity contribution in [2.45, 2.75) is 39.1 Å². The standard InChI is InChI=1S/C18H26N4O/c1-2-22-17(7-9-20-22)11-19-12-18(23)14-21-10-8-15-5-3-4-6-16(15)13-21/h3-7,9,18-19,23H,2,8,10-14H2,1H3/t18-/m1/s1. The lowest BCUT2D eigenvalue weighted by molar-refractivity contribution is 0.104. The Morgan fingerprint density at radius 2 is 2.09 bits per heavy atom. The number of aromatic nitrogens is 2. The highest BCUT2D eigenvalue weighted by Crippen LogP contribution is 2.18. The summed E-state index contributed by atoms with van der Waals surface area (Å²) in [5.41, 5.74) is 4.00. The SMILES string of the molecule is CCn1nccc1CNC[C@@H](O)CN1CCc2ccccc2C1. The van der Waals surface area contributed by atoms with Gasteiger partial charge in [-0.25, -0.2) is 0 Å². The maximum Gasteiger partial charge on any atom is 0.0791 e. The highest BCUT2D eigenvalue weighted by atomic mass is 16.3. The second-order valence-electron chi connectivity index (χ2n) is 6.18. The molecule has 5 nitrogen and oxygen atoms in total. The lowest BCUT2D eigenvalue weighted by Gasteiger charge is -2.30. The Hall–Kier alpha value is -1.69. The molecule has 0 aliphatic carbocycles. The van der Waals surface area contributed by atoms with E-state index in [0.29, 0.717) is 13.1 Å². The largest absolute Gasteiger partial charge is 0.390 e. The number of nitrogens with one attached hydrogen (secondary N) is 1. The van der Waals surface area contributed by atoms with Gasteiger partial charge in [-0.15, -0.1) is 0 Å². The van der Waals surface area contributed by atoms with Gasteiger partial charge in [0.25, 0.3) is 0 Å². The van der Waals surface area contributed by atoms with Gasteiger partial charge < -0.3 is 10.4 Å². The zero-order valence-electron chi connectivity index (χ0n) is 13.8. The van der Waals surface area contributed by atoms with Crippen LogP contribution in [0.5, 0.6) is 0 Å². The average molecular weight is 314 g/mol. The average Bonchev–Trinajstić information content (AvgIpc) is 3.02. The van der Waals surface area contributed by atoms with E-state index >= 15 is 0 Å². The molecule has 2 N–H and O–H groups in total. The van der Waals surface area contributed by atoms with Gasteiger partial charge in [-0.05, 0) is 30.5 Å². The van der Waals surface area contributed by atoms with Crippen molar-refractivity contribution < 1.29 is 5.11 Å². The van der Waals surface area contributed by atoms with E-state index in [2.05, 4.69) is 46.5 Å². The molecule has 2 heterocycles. The van der Waals surface area contributed by atoms with Gasteiger partial charge in [0.2, 0.25) is 0 Å². The number of β-amino-alcohol motifs (C(OH)–C–C–N with tert-alkyl or cyclic N) is 1. The molecule has 0 bridgehead atoms. The molecule has 124 valence electrons. The fourth-order valence-electron chi connectivity index (χ4n) is 3.23. The van der Waals surface area contributed by atoms with Crippen LogP contribution in [0.15, 0.2) is 36.5 Å². The van der Waals surface area contributed by atoms with Crippen LogP contribution in [0.1, 0.15) is 23.7 Å². The number of aliphatic hydroxyl groups is 1. The second kappa shape index (κ2) is 7.73. The summed E-state index contributed by atoms with van der Waals surface area (Å²) in [4.78, 5) is 2.34. The van der Waals surface area contributed by atoms with Gasteiger partial charge in [-0.1, -0.05) is 24.3 Å². The van der Waals surface area contributed by atoms with E-state index in [1.807, 2.05) is 16.9 Å². The summed E-state index contributed by atoms with van der Waals surface area (Å²) in [6.07, 6.45) is 2.55. The predicted molar refractivity (Wildman–Crippen MR) is 91.0 cm³/mol. The van der Waals surface area contributed by atoms with Crippen LogP contribution in [-0.2, 0) is 26.1 Å². The maximum absolute atomic E-state index is 10.3. The third-order valence-electron chi connectivity index (χ3n) is 4.47. The number of aryl methyl sites for hydroxylation is 1. The predicted octanol–water partition coefficient (Wildman–Crippen LogP) is 1.41. The van der Waals surface area contributed by atoms with E-state index in [4.69, 9.17) is 0 Å². The van der Waals surface area contributed by atoms with Gasteiger partial charge in [-0.2, -0.15) is 5.10 Å². The smallest absolute Gasteiger partial charge is 0.0791 e. The van der Waals surface area contributed by atoms with Crippen LogP contribution in [0.3, 0.4) is 0 Å². The van der Waals surface area contributed by atoms with Crippen LogP contribution >= 0.6 is 0 Å². The summed E-state index contributed by atoms with van der Waals surface area (Å²) in [6.45, 7) is 6.99. The Morgan fingerprint density at radius 1 is 1.26 bits per heavy atom. The molecule has 0 unspecified atom stereocenters. The van der Waals surface area contributed by atoms with Crippen LogP contribution in [-0.4, -0.2) is 45.5 Å². The van der Waals surface area contributed by atoms with Crippen molar-refractivity contribution in [2.24, 2.45) is 0 Å². The van der Waals surface area contributed by atoms with Gasteiger partial charge in [0.1, 0.15) is 0 Å².